The van der Waals surface area contributed by atoms with Gasteiger partial charge in [-0.1, -0.05) is 12.1 Å². The van der Waals surface area contributed by atoms with E-state index in [1.165, 1.54) is 0 Å². The average Bonchev–Trinajstić information content (AvgIpc) is 2.47. The summed E-state index contributed by atoms with van der Waals surface area (Å²) in [5, 5.41) is 0. The number of primary amides is 1. The predicted octanol–water partition coefficient (Wildman–Crippen LogP) is 2.67. The normalized spacial score (nSPS) is 10.2. The molecule has 4 N–H and O–H groups in total. The van der Waals surface area contributed by atoms with Crippen molar-refractivity contribution in [2.45, 2.75) is 10.6 Å². The Morgan fingerprint density at radius 1 is 1.20 bits per heavy atom. The Kier molecular flexibility index (Phi) is 4.53. The topological polar surface area (TPSA) is 78.3 Å². The van der Waals surface area contributed by atoms with Crippen LogP contribution in [-0.4, -0.2) is 13.0 Å². The number of methoxy groups -OCH3 is 1. The molecule has 2 aromatic rings. The molecule has 0 aliphatic heterocycles. The minimum atomic E-state index is -0.416. The van der Waals surface area contributed by atoms with Crippen LogP contribution in [0.2, 0.25) is 0 Å². The van der Waals surface area contributed by atoms with Crippen molar-refractivity contribution in [1.29, 1.82) is 0 Å². The van der Waals surface area contributed by atoms with Crippen molar-refractivity contribution in [3.63, 3.8) is 0 Å². The van der Waals surface area contributed by atoms with Gasteiger partial charge in [0.15, 0.2) is 0 Å². The quantitative estimate of drug-likeness (QED) is 0.655. The molecule has 2 rings (SSSR count). The van der Waals surface area contributed by atoms with Crippen molar-refractivity contribution >= 4 is 23.4 Å². The van der Waals surface area contributed by atoms with Gasteiger partial charge >= 0.3 is 0 Å². The van der Waals surface area contributed by atoms with Gasteiger partial charge in [-0.15, -0.1) is 11.8 Å². The zero-order chi connectivity index (χ0) is 14.5. The lowest BCUT2D eigenvalue weighted by Crippen LogP contribution is -2.10. The van der Waals surface area contributed by atoms with E-state index in [-0.39, 0.29) is 0 Å². The largest absolute Gasteiger partial charge is 0.497 e. The highest BCUT2D eigenvalue weighted by atomic mass is 32.2. The molecule has 0 aliphatic rings. The third-order valence-corrected chi connectivity index (χ3v) is 4.00. The lowest BCUT2D eigenvalue weighted by Gasteiger charge is -2.08. The van der Waals surface area contributed by atoms with Gasteiger partial charge in [0.2, 0.25) is 5.91 Å². The van der Waals surface area contributed by atoms with E-state index in [2.05, 4.69) is 0 Å². The molecule has 20 heavy (non-hydrogen) atoms. The highest BCUT2D eigenvalue weighted by Gasteiger charge is 2.04. The highest BCUT2D eigenvalue weighted by Crippen LogP contribution is 2.31. The molecule has 0 spiro atoms. The summed E-state index contributed by atoms with van der Waals surface area (Å²) < 4.78 is 5.18. The highest BCUT2D eigenvalue weighted by molar-refractivity contribution is 7.98. The maximum atomic E-state index is 11.0. The molecule has 5 heteroatoms. The minimum absolute atomic E-state index is 0.416. The van der Waals surface area contributed by atoms with Crippen molar-refractivity contribution in [2.24, 2.45) is 5.73 Å². The van der Waals surface area contributed by atoms with Crippen LogP contribution in [0.5, 0.6) is 5.75 Å². The number of nitrogens with two attached hydrogens (primary N) is 2. The van der Waals surface area contributed by atoms with E-state index in [0.29, 0.717) is 5.56 Å². The molecule has 0 radical (unpaired) electrons. The van der Waals surface area contributed by atoms with Crippen molar-refractivity contribution in [1.82, 2.24) is 0 Å². The summed E-state index contributed by atoms with van der Waals surface area (Å²) in [6.45, 7) is 0. The molecule has 0 saturated carbocycles. The van der Waals surface area contributed by atoms with Gasteiger partial charge in [-0.05, 0) is 35.9 Å². The van der Waals surface area contributed by atoms with Crippen LogP contribution in [-0.2, 0) is 5.75 Å². The van der Waals surface area contributed by atoms with E-state index in [1.54, 1.807) is 31.0 Å². The second kappa shape index (κ2) is 6.34. The number of hydrogen-bond acceptors (Lipinski definition) is 4. The molecular weight excluding hydrogens is 272 g/mol. The van der Waals surface area contributed by atoms with Gasteiger partial charge in [0.25, 0.3) is 0 Å². The van der Waals surface area contributed by atoms with E-state index in [1.807, 2.05) is 30.3 Å². The molecule has 104 valence electrons. The van der Waals surface area contributed by atoms with Crippen LogP contribution < -0.4 is 16.2 Å². The Hall–Kier alpha value is -2.14. The molecular formula is C15H16N2O2S. The van der Waals surface area contributed by atoms with Gasteiger partial charge in [0.05, 0.1) is 7.11 Å². The Morgan fingerprint density at radius 2 is 1.90 bits per heavy atom. The van der Waals surface area contributed by atoms with Gasteiger partial charge in [-0.3, -0.25) is 4.79 Å². The Bertz CT molecular complexity index is 612. The minimum Gasteiger partial charge on any atom is -0.497 e. The van der Waals surface area contributed by atoms with Crippen LogP contribution in [0, 0.1) is 0 Å². The number of nitrogen functional groups attached to an aromatic ring is 1. The average molecular weight is 288 g/mol. The lowest BCUT2D eigenvalue weighted by molar-refractivity contribution is 0.100. The van der Waals surface area contributed by atoms with Crippen molar-refractivity contribution < 1.29 is 9.53 Å². The van der Waals surface area contributed by atoms with Crippen LogP contribution in [0.15, 0.2) is 47.4 Å². The monoisotopic (exact) mass is 288 g/mol. The van der Waals surface area contributed by atoms with E-state index in [9.17, 15) is 4.79 Å². The maximum Gasteiger partial charge on any atom is 0.248 e. The summed E-state index contributed by atoms with van der Waals surface area (Å²) in [4.78, 5) is 12.0. The number of benzene rings is 2. The molecule has 0 saturated heterocycles. The summed E-state index contributed by atoms with van der Waals surface area (Å²) in [5.41, 5.74) is 13.5. The number of anilines is 1. The van der Waals surface area contributed by atoms with E-state index < -0.39 is 5.91 Å². The van der Waals surface area contributed by atoms with Gasteiger partial charge in [0, 0.05) is 21.9 Å². The molecule has 4 nitrogen and oxygen atoms in total. The molecule has 0 heterocycles. The molecule has 0 fully saturated rings. The van der Waals surface area contributed by atoms with Gasteiger partial charge in [0.1, 0.15) is 5.75 Å². The molecule has 2 aromatic carbocycles. The smallest absolute Gasteiger partial charge is 0.248 e. The molecule has 0 unspecified atom stereocenters. The molecule has 0 aliphatic carbocycles. The van der Waals surface area contributed by atoms with Crippen LogP contribution in [0.25, 0.3) is 0 Å². The lowest BCUT2D eigenvalue weighted by atomic mass is 10.1. The Morgan fingerprint density at radius 3 is 2.50 bits per heavy atom. The number of amides is 1. The first kappa shape index (κ1) is 14.3. The predicted molar refractivity (Wildman–Crippen MR) is 81.9 cm³/mol. The van der Waals surface area contributed by atoms with Crippen molar-refractivity contribution in [3.05, 3.63) is 53.6 Å². The zero-order valence-electron chi connectivity index (χ0n) is 11.1. The molecule has 0 aromatic heterocycles. The summed E-state index contributed by atoms with van der Waals surface area (Å²) in [5.74, 6) is 1.13. The molecule has 1 amide bonds. The Labute approximate surface area is 122 Å². The summed E-state index contributed by atoms with van der Waals surface area (Å²) >= 11 is 1.62. The molecule has 0 atom stereocenters. The fourth-order valence-corrected chi connectivity index (χ4v) is 2.64. The fraction of sp³-hybridized carbons (Fsp3) is 0.133. The van der Waals surface area contributed by atoms with Crippen LogP contribution in [0.3, 0.4) is 0 Å². The summed E-state index contributed by atoms with van der Waals surface area (Å²) in [6, 6.07) is 12.8. The first-order valence-electron chi connectivity index (χ1n) is 6.05. The van der Waals surface area contributed by atoms with Crippen molar-refractivity contribution in [3.8, 4) is 5.75 Å². The van der Waals surface area contributed by atoms with E-state index in [4.69, 9.17) is 16.2 Å². The fourth-order valence-electron chi connectivity index (χ4n) is 1.69. The Balaban J connectivity index is 2.06. The maximum absolute atomic E-state index is 11.0. The third-order valence-electron chi connectivity index (χ3n) is 2.85. The van der Waals surface area contributed by atoms with Crippen LogP contribution in [0.1, 0.15) is 15.9 Å². The van der Waals surface area contributed by atoms with Crippen LogP contribution in [0.4, 0.5) is 5.69 Å². The number of hydrogen-bond donors (Lipinski definition) is 2. The van der Waals surface area contributed by atoms with Crippen LogP contribution >= 0.6 is 11.8 Å². The second-order valence-corrected chi connectivity index (χ2v) is 5.27. The number of carbonyl (C=O) groups excluding carboxylic acids is 1. The summed E-state index contributed by atoms with van der Waals surface area (Å²) in [6.07, 6.45) is 0. The van der Waals surface area contributed by atoms with E-state index >= 15 is 0 Å². The third kappa shape index (κ3) is 3.45. The SMILES string of the molecule is COc1ccc(N)c(SCc2ccc(C(N)=O)cc2)c1. The first-order valence-corrected chi connectivity index (χ1v) is 7.04. The summed E-state index contributed by atoms with van der Waals surface area (Å²) in [7, 11) is 1.63. The van der Waals surface area contributed by atoms with E-state index in [0.717, 1.165) is 27.6 Å². The molecule has 0 bridgehead atoms. The standard InChI is InChI=1S/C15H16N2O2S/c1-19-12-6-7-13(16)14(8-12)20-9-10-2-4-11(5-3-10)15(17)18/h2-8H,9,16H2,1H3,(H2,17,18). The zero-order valence-corrected chi connectivity index (χ0v) is 11.9. The number of thioether (sulfide) groups is 1. The van der Waals surface area contributed by atoms with Crippen molar-refractivity contribution in [2.75, 3.05) is 12.8 Å². The first-order chi connectivity index (χ1) is 9.60. The number of carbonyl (C=O) groups is 1. The number of ether oxygens (including phenoxy) is 1. The second-order valence-electron chi connectivity index (χ2n) is 4.25. The van der Waals surface area contributed by atoms with Gasteiger partial charge in [-0.2, -0.15) is 0 Å². The number of rotatable bonds is 5. The van der Waals surface area contributed by atoms with Gasteiger partial charge < -0.3 is 16.2 Å². The van der Waals surface area contributed by atoms with Gasteiger partial charge in [-0.25, -0.2) is 0 Å².